The molecule has 0 saturated carbocycles. The largest absolute Gasteiger partial charge is 0.363 e. The summed E-state index contributed by atoms with van der Waals surface area (Å²) in [7, 11) is 0. The Morgan fingerprint density at radius 1 is 1.07 bits per heavy atom. The van der Waals surface area contributed by atoms with Crippen LogP contribution in [0.3, 0.4) is 0 Å². The summed E-state index contributed by atoms with van der Waals surface area (Å²) < 4.78 is 13.7. The van der Waals surface area contributed by atoms with Crippen molar-refractivity contribution in [2.75, 3.05) is 16.8 Å². The Kier molecular flexibility index (Phi) is 4.08. The summed E-state index contributed by atoms with van der Waals surface area (Å²) in [6.45, 7) is 0.671. The van der Waals surface area contributed by atoms with Crippen LogP contribution in [0, 0.1) is 5.82 Å². The van der Waals surface area contributed by atoms with Gasteiger partial charge in [0.2, 0.25) is 0 Å². The first-order valence-electron chi connectivity index (χ1n) is 9.60. The van der Waals surface area contributed by atoms with Crippen molar-refractivity contribution in [3.05, 3.63) is 88.9 Å². The summed E-state index contributed by atoms with van der Waals surface area (Å²) in [5.41, 5.74) is 4.81. The number of pyridine rings is 1. The number of hydrogen-bond donors (Lipinski definition) is 1. The molecule has 0 bridgehead atoms. The number of rotatable bonds is 3. The second kappa shape index (κ2) is 6.75. The number of nitrogens with zero attached hydrogens (tertiary/aromatic N) is 2. The lowest BCUT2D eigenvalue weighted by Crippen LogP contribution is -2.30. The molecule has 1 aliphatic heterocycles. The Balaban J connectivity index is 1.45. The highest BCUT2D eigenvalue weighted by atomic mass is 19.1. The highest BCUT2D eigenvalue weighted by Crippen LogP contribution is 2.35. The summed E-state index contributed by atoms with van der Waals surface area (Å²) in [6, 6.07) is 16.5. The fourth-order valence-corrected chi connectivity index (χ4v) is 4.28. The van der Waals surface area contributed by atoms with E-state index in [4.69, 9.17) is 0 Å². The minimum atomic E-state index is -0.238. The van der Waals surface area contributed by atoms with E-state index in [9.17, 15) is 9.18 Å². The maximum Gasteiger partial charge on any atom is 0.262 e. The SMILES string of the molecule is O=C(c1cccnc1NC1CCc2ccc(F)cc21)N1CCc2ccccc21. The summed E-state index contributed by atoms with van der Waals surface area (Å²) >= 11 is 0. The van der Waals surface area contributed by atoms with Crippen LogP contribution in [-0.4, -0.2) is 17.4 Å². The van der Waals surface area contributed by atoms with E-state index in [1.54, 1.807) is 24.4 Å². The molecule has 4 nitrogen and oxygen atoms in total. The minimum Gasteiger partial charge on any atom is -0.363 e. The number of amides is 1. The van der Waals surface area contributed by atoms with E-state index in [-0.39, 0.29) is 17.8 Å². The number of hydrogen-bond acceptors (Lipinski definition) is 3. The summed E-state index contributed by atoms with van der Waals surface area (Å²) in [4.78, 5) is 19.5. The third kappa shape index (κ3) is 2.83. The quantitative estimate of drug-likeness (QED) is 0.734. The average Bonchev–Trinajstić information content (AvgIpc) is 3.32. The van der Waals surface area contributed by atoms with E-state index < -0.39 is 0 Å². The van der Waals surface area contributed by atoms with Crippen molar-refractivity contribution in [3.8, 4) is 0 Å². The van der Waals surface area contributed by atoms with Crippen molar-refractivity contribution < 1.29 is 9.18 Å². The van der Waals surface area contributed by atoms with Gasteiger partial charge in [-0.25, -0.2) is 9.37 Å². The molecule has 1 aromatic heterocycles. The molecule has 2 aromatic carbocycles. The number of carbonyl (C=O) groups excluding carboxylic acids is 1. The fraction of sp³-hybridized carbons (Fsp3) is 0.217. The van der Waals surface area contributed by atoms with Gasteiger partial charge in [-0.3, -0.25) is 4.79 Å². The maximum atomic E-state index is 13.7. The normalized spacial score (nSPS) is 17.3. The van der Waals surface area contributed by atoms with E-state index in [1.165, 1.54) is 11.6 Å². The molecule has 1 amide bonds. The number of halogens is 1. The molecule has 140 valence electrons. The number of aromatic nitrogens is 1. The molecule has 1 atom stereocenters. The molecule has 1 unspecified atom stereocenters. The number of nitrogens with one attached hydrogen (secondary N) is 1. The topological polar surface area (TPSA) is 45.2 Å². The zero-order chi connectivity index (χ0) is 19.1. The van der Waals surface area contributed by atoms with Gasteiger partial charge in [-0.15, -0.1) is 0 Å². The zero-order valence-corrected chi connectivity index (χ0v) is 15.4. The van der Waals surface area contributed by atoms with Crippen LogP contribution in [0.5, 0.6) is 0 Å². The molecule has 1 aliphatic carbocycles. The van der Waals surface area contributed by atoms with E-state index in [0.717, 1.165) is 36.1 Å². The van der Waals surface area contributed by atoms with E-state index >= 15 is 0 Å². The van der Waals surface area contributed by atoms with Gasteiger partial charge in [0, 0.05) is 18.4 Å². The Labute approximate surface area is 163 Å². The highest BCUT2D eigenvalue weighted by Gasteiger charge is 2.29. The van der Waals surface area contributed by atoms with Crippen molar-refractivity contribution in [2.45, 2.75) is 25.3 Å². The summed E-state index contributed by atoms with van der Waals surface area (Å²) in [5, 5.41) is 3.40. The van der Waals surface area contributed by atoms with Crippen LogP contribution in [0.2, 0.25) is 0 Å². The minimum absolute atomic E-state index is 0.0435. The maximum absolute atomic E-state index is 13.7. The van der Waals surface area contributed by atoms with Crippen molar-refractivity contribution >= 4 is 17.4 Å². The van der Waals surface area contributed by atoms with Gasteiger partial charge in [0.05, 0.1) is 11.6 Å². The molecule has 2 heterocycles. The molecule has 2 aliphatic rings. The molecule has 28 heavy (non-hydrogen) atoms. The van der Waals surface area contributed by atoms with Gasteiger partial charge in [0.1, 0.15) is 11.6 Å². The van der Waals surface area contributed by atoms with Crippen LogP contribution >= 0.6 is 0 Å². The number of benzene rings is 2. The predicted octanol–water partition coefficient (Wildman–Crippen LogP) is 4.52. The Morgan fingerprint density at radius 3 is 2.89 bits per heavy atom. The van der Waals surface area contributed by atoms with Crippen LogP contribution < -0.4 is 10.2 Å². The molecular weight excluding hydrogens is 353 g/mol. The number of anilines is 2. The molecule has 5 heteroatoms. The monoisotopic (exact) mass is 373 g/mol. The highest BCUT2D eigenvalue weighted by molar-refractivity contribution is 6.10. The van der Waals surface area contributed by atoms with Gasteiger partial charge in [0.25, 0.3) is 5.91 Å². The first-order valence-corrected chi connectivity index (χ1v) is 9.60. The smallest absolute Gasteiger partial charge is 0.262 e. The first kappa shape index (κ1) is 16.9. The number of carbonyl (C=O) groups is 1. The van der Waals surface area contributed by atoms with Gasteiger partial charge < -0.3 is 10.2 Å². The third-order valence-electron chi connectivity index (χ3n) is 5.67. The lowest BCUT2D eigenvalue weighted by atomic mass is 10.1. The molecule has 1 N–H and O–H groups in total. The van der Waals surface area contributed by atoms with Crippen LogP contribution in [0.4, 0.5) is 15.9 Å². The van der Waals surface area contributed by atoms with Gasteiger partial charge in [-0.1, -0.05) is 24.3 Å². The fourth-order valence-electron chi connectivity index (χ4n) is 4.28. The summed E-state index contributed by atoms with van der Waals surface area (Å²) in [5.74, 6) is 0.260. The second-order valence-electron chi connectivity index (χ2n) is 7.31. The lowest BCUT2D eigenvalue weighted by molar-refractivity contribution is 0.0990. The Bertz CT molecular complexity index is 1070. The van der Waals surface area contributed by atoms with Gasteiger partial charge in [0.15, 0.2) is 0 Å². The van der Waals surface area contributed by atoms with E-state index in [1.807, 2.05) is 29.2 Å². The molecule has 0 saturated heterocycles. The lowest BCUT2D eigenvalue weighted by Gasteiger charge is -2.21. The zero-order valence-electron chi connectivity index (χ0n) is 15.4. The van der Waals surface area contributed by atoms with Crippen LogP contribution in [0.25, 0.3) is 0 Å². The molecule has 5 rings (SSSR count). The van der Waals surface area contributed by atoms with Crippen molar-refractivity contribution in [1.82, 2.24) is 4.98 Å². The van der Waals surface area contributed by atoms with Crippen LogP contribution in [0.15, 0.2) is 60.8 Å². The van der Waals surface area contributed by atoms with Crippen molar-refractivity contribution in [2.24, 2.45) is 0 Å². The van der Waals surface area contributed by atoms with Crippen molar-refractivity contribution in [3.63, 3.8) is 0 Å². The number of aryl methyl sites for hydroxylation is 1. The standard InChI is InChI=1S/C23H20FN3O/c24-17-9-7-15-8-10-20(19(15)14-17)26-22-18(5-3-12-25-22)23(28)27-13-11-16-4-1-2-6-21(16)27/h1-7,9,12,14,20H,8,10-11,13H2,(H,25,26). The Hall–Kier alpha value is -3.21. The molecular formula is C23H20FN3O. The Morgan fingerprint density at radius 2 is 1.96 bits per heavy atom. The van der Waals surface area contributed by atoms with Gasteiger partial charge in [-0.2, -0.15) is 0 Å². The molecule has 0 spiro atoms. The molecule has 3 aromatic rings. The van der Waals surface area contributed by atoms with Gasteiger partial charge >= 0.3 is 0 Å². The van der Waals surface area contributed by atoms with E-state index in [2.05, 4.69) is 16.4 Å². The second-order valence-corrected chi connectivity index (χ2v) is 7.31. The molecule has 0 radical (unpaired) electrons. The average molecular weight is 373 g/mol. The number of fused-ring (bicyclic) bond motifs is 2. The van der Waals surface area contributed by atoms with Crippen LogP contribution in [-0.2, 0) is 12.8 Å². The third-order valence-corrected chi connectivity index (χ3v) is 5.67. The van der Waals surface area contributed by atoms with Crippen LogP contribution in [0.1, 0.15) is 39.5 Å². The van der Waals surface area contributed by atoms with E-state index in [0.29, 0.717) is 17.9 Å². The first-order chi connectivity index (χ1) is 13.7. The number of para-hydroxylation sites is 1. The van der Waals surface area contributed by atoms with Gasteiger partial charge in [-0.05, 0) is 66.3 Å². The summed E-state index contributed by atoms with van der Waals surface area (Å²) in [6.07, 6.45) is 4.29. The predicted molar refractivity (Wildman–Crippen MR) is 107 cm³/mol. The van der Waals surface area contributed by atoms with Crippen molar-refractivity contribution in [1.29, 1.82) is 0 Å². The molecule has 0 fully saturated rings.